The second-order valence-electron chi connectivity index (χ2n) is 3.81. The van der Waals surface area contributed by atoms with E-state index in [9.17, 15) is 9.59 Å². The maximum absolute atomic E-state index is 12.0. The normalized spacial score (nSPS) is 20.3. The highest BCUT2D eigenvalue weighted by Crippen LogP contribution is 2.19. The first-order valence-corrected chi connectivity index (χ1v) is 6.23. The van der Waals surface area contributed by atoms with Gasteiger partial charge in [-0.15, -0.1) is 0 Å². The summed E-state index contributed by atoms with van der Waals surface area (Å²) in [5.41, 5.74) is 0.0569. The van der Waals surface area contributed by atoms with Gasteiger partial charge in [0.05, 0.1) is 0 Å². The minimum atomic E-state index is -1.22. The van der Waals surface area contributed by atoms with Crippen LogP contribution in [0.25, 0.3) is 0 Å². The molecule has 1 aromatic rings. The molecule has 0 bridgehead atoms. The zero-order valence-corrected chi connectivity index (χ0v) is 10.1. The standard InChI is InChI=1S/C10H12N2O4S/c1-6-5-12(2-3-17-6)9(13)7-4-8(10(14)15)16-11-7/h4,6H,2-3,5H2,1H3,(H,14,15). The third-order valence-corrected chi connectivity index (χ3v) is 3.60. The van der Waals surface area contributed by atoms with Gasteiger partial charge in [-0.2, -0.15) is 11.8 Å². The Hall–Kier alpha value is -1.50. The first kappa shape index (κ1) is 12.0. The summed E-state index contributed by atoms with van der Waals surface area (Å²) in [4.78, 5) is 24.3. The summed E-state index contributed by atoms with van der Waals surface area (Å²) in [6.45, 7) is 3.36. The second-order valence-corrected chi connectivity index (χ2v) is 5.36. The van der Waals surface area contributed by atoms with Gasteiger partial charge in [0.25, 0.3) is 5.91 Å². The molecule has 17 heavy (non-hydrogen) atoms. The van der Waals surface area contributed by atoms with Gasteiger partial charge in [0.2, 0.25) is 5.76 Å². The van der Waals surface area contributed by atoms with E-state index in [0.717, 1.165) is 11.8 Å². The third kappa shape index (κ3) is 2.60. The van der Waals surface area contributed by atoms with E-state index in [-0.39, 0.29) is 17.4 Å². The molecule has 1 saturated heterocycles. The number of carbonyl (C=O) groups excluding carboxylic acids is 1. The van der Waals surface area contributed by atoms with Gasteiger partial charge in [0.15, 0.2) is 5.69 Å². The molecule has 2 rings (SSSR count). The van der Waals surface area contributed by atoms with Crippen molar-refractivity contribution in [2.24, 2.45) is 0 Å². The minimum absolute atomic E-state index is 0.0569. The van der Waals surface area contributed by atoms with Crippen molar-refractivity contribution in [1.82, 2.24) is 10.1 Å². The summed E-state index contributed by atoms with van der Waals surface area (Å²) < 4.78 is 4.56. The third-order valence-electron chi connectivity index (χ3n) is 2.47. The van der Waals surface area contributed by atoms with Crippen LogP contribution in [-0.2, 0) is 0 Å². The Kier molecular flexibility index (Phi) is 3.37. The van der Waals surface area contributed by atoms with E-state index < -0.39 is 5.97 Å². The lowest BCUT2D eigenvalue weighted by molar-refractivity contribution is 0.0648. The monoisotopic (exact) mass is 256 g/mol. The van der Waals surface area contributed by atoms with Crippen LogP contribution >= 0.6 is 11.8 Å². The SMILES string of the molecule is CC1CN(C(=O)c2cc(C(=O)O)on2)CCS1. The van der Waals surface area contributed by atoms with E-state index in [1.54, 1.807) is 4.90 Å². The molecule has 0 radical (unpaired) electrons. The van der Waals surface area contributed by atoms with Gasteiger partial charge >= 0.3 is 5.97 Å². The Balaban J connectivity index is 2.10. The van der Waals surface area contributed by atoms with Gasteiger partial charge in [0.1, 0.15) is 0 Å². The number of carboxylic acids is 1. The Bertz CT molecular complexity index is 445. The molecule has 1 unspecified atom stereocenters. The van der Waals surface area contributed by atoms with E-state index >= 15 is 0 Å². The van der Waals surface area contributed by atoms with Crippen molar-refractivity contribution >= 4 is 23.6 Å². The van der Waals surface area contributed by atoms with E-state index in [1.165, 1.54) is 0 Å². The van der Waals surface area contributed by atoms with Crippen molar-refractivity contribution in [2.75, 3.05) is 18.8 Å². The van der Waals surface area contributed by atoms with Gasteiger partial charge < -0.3 is 14.5 Å². The number of thioether (sulfide) groups is 1. The average molecular weight is 256 g/mol. The maximum atomic E-state index is 12.0. The van der Waals surface area contributed by atoms with E-state index in [2.05, 4.69) is 16.6 Å². The molecule has 1 fully saturated rings. The van der Waals surface area contributed by atoms with Crippen LogP contribution in [0.2, 0.25) is 0 Å². The second kappa shape index (κ2) is 4.79. The number of hydrogen-bond donors (Lipinski definition) is 1. The van der Waals surface area contributed by atoms with Crippen LogP contribution < -0.4 is 0 Å². The largest absolute Gasteiger partial charge is 0.475 e. The summed E-state index contributed by atoms with van der Waals surface area (Å²) in [6.07, 6.45) is 0. The summed E-state index contributed by atoms with van der Waals surface area (Å²) >= 11 is 1.81. The fourth-order valence-corrected chi connectivity index (χ4v) is 2.66. The van der Waals surface area contributed by atoms with Crippen molar-refractivity contribution in [3.63, 3.8) is 0 Å². The van der Waals surface area contributed by atoms with Gasteiger partial charge in [-0.1, -0.05) is 12.1 Å². The molecule has 0 aliphatic carbocycles. The summed E-state index contributed by atoms with van der Waals surface area (Å²) in [6, 6.07) is 1.16. The summed E-state index contributed by atoms with van der Waals surface area (Å²) in [7, 11) is 0. The van der Waals surface area contributed by atoms with Crippen molar-refractivity contribution in [3.05, 3.63) is 17.5 Å². The molecule has 1 amide bonds. The molecule has 7 heteroatoms. The predicted octanol–water partition coefficient (Wildman–Crippen LogP) is 0.950. The molecular formula is C10H12N2O4S. The number of aromatic nitrogens is 1. The predicted molar refractivity (Wildman–Crippen MR) is 61.3 cm³/mol. The fourth-order valence-electron chi connectivity index (χ4n) is 1.64. The highest BCUT2D eigenvalue weighted by molar-refractivity contribution is 7.99. The van der Waals surface area contributed by atoms with Crippen LogP contribution in [0.5, 0.6) is 0 Å². The lowest BCUT2D eigenvalue weighted by atomic mass is 10.3. The van der Waals surface area contributed by atoms with Gasteiger partial charge in [0, 0.05) is 30.2 Å². The molecule has 2 heterocycles. The summed E-state index contributed by atoms with van der Waals surface area (Å²) in [5.74, 6) is -0.920. The van der Waals surface area contributed by atoms with Gasteiger partial charge in [-0.3, -0.25) is 4.79 Å². The summed E-state index contributed by atoms with van der Waals surface area (Å²) in [5, 5.41) is 12.5. The number of hydrogen-bond acceptors (Lipinski definition) is 5. The van der Waals surface area contributed by atoms with Crippen LogP contribution in [0, 0.1) is 0 Å². The van der Waals surface area contributed by atoms with Crippen LogP contribution in [0.1, 0.15) is 28.0 Å². The van der Waals surface area contributed by atoms with E-state index in [4.69, 9.17) is 5.11 Å². The zero-order valence-electron chi connectivity index (χ0n) is 9.25. The molecule has 6 nitrogen and oxygen atoms in total. The number of carboxylic acid groups (broad SMARTS) is 1. The highest BCUT2D eigenvalue weighted by Gasteiger charge is 2.25. The topological polar surface area (TPSA) is 83.6 Å². The van der Waals surface area contributed by atoms with Crippen LogP contribution in [0.3, 0.4) is 0 Å². The molecule has 0 aromatic carbocycles. The van der Waals surface area contributed by atoms with E-state index in [1.807, 2.05) is 11.8 Å². The van der Waals surface area contributed by atoms with E-state index in [0.29, 0.717) is 18.3 Å². The van der Waals surface area contributed by atoms with Crippen molar-refractivity contribution in [3.8, 4) is 0 Å². The molecule has 1 atom stereocenters. The first-order valence-electron chi connectivity index (χ1n) is 5.19. The Morgan fingerprint density at radius 1 is 1.65 bits per heavy atom. The number of carbonyl (C=O) groups is 2. The smallest absolute Gasteiger partial charge is 0.374 e. The average Bonchev–Trinajstić information content (AvgIpc) is 2.77. The molecule has 0 spiro atoms. The Morgan fingerprint density at radius 3 is 3.00 bits per heavy atom. The van der Waals surface area contributed by atoms with Crippen LogP contribution in [-0.4, -0.2) is 51.1 Å². The highest BCUT2D eigenvalue weighted by atomic mass is 32.2. The van der Waals surface area contributed by atoms with Crippen molar-refractivity contribution < 1.29 is 19.2 Å². The number of nitrogens with zero attached hydrogens (tertiary/aromatic N) is 2. The molecular weight excluding hydrogens is 244 g/mol. The molecule has 1 N–H and O–H groups in total. The molecule has 1 aliphatic heterocycles. The minimum Gasteiger partial charge on any atom is -0.475 e. The fraction of sp³-hybridized carbons (Fsp3) is 0.500. The molecule has 92 valence electrons. The maximum Gasteiger partial charge on any atom is 0.374 e. The first-order chi connectivity index (χ1) is 8.08. The van der Waals surface area contributed by atoms with Crippen molar-refractivity contribution in [2.45, 2.75) is 12.2 Å². The van der Waals surface area contributed by atoms with Crippen LogP contribution in [0.15, 0.2) is 10.6 Å². The lowest BCUT2D eigenvalue weighted by Gasteiger charge is -2.29. The molecule has 0 saturated carbocycles. The molecule has 1 aliphatic rings. The Morgan fingerprint density at radius 2 is 2.41 bits per heavy atom. The number of amides is 1. The number of rotatable bonds is 2. The van der Waals surface area contributed by atoms with Gasteiger partial charge in [-0.25, -0.2) is 4.79 Å². The Labute approximate surface area is 102 Å². The molecule has 1 aromatic heterocycles. The number of aromatic carboxylic acids is 1. The van der Waals surface area contributed by atoms with Crippen molar-refractivity contribution in [1.29, 1.82) is 0 Å². The lowest BCUT2D eigenvalue weighted by Crippen LogP contribution is -2.41. The van der Waals surface area contributed by atoms with Crippen LogP contribution in [0.4, 0.5) is 0 Å². The quantitative estimate of drug-likeness (QED) is 0.848. The van der Waals surface area contributed by atoms with Gasteiger partial charge in [-0.05, 0) is 0 Å². The zero-order chi connectivity index (χ0) is 12.4.